The normalized spacial score (nSPS) is 10.9. The second-order valence-corrected chi connectivity index (χ2v) is 8.19. The summed E-state index contributed by atoms with van der Waals surface area (Å²) in [6.07, 6.45) is 1.24. The van der Waals surface area contributed by atoms with Crippen molar-refractivity contribution in [3.8, 4) is 0 Å². The molecule has 0 N–H and O–H groups in total. The van der Waals surface area contributed by atoms with Gasteiger partial charge in [0.2, 0.25) is 5.91 Å². The summed E-state index contributed by atoms with van der Waals surface area (Å²) in [4.78, 5) is 21.8. The Morgan fingerprint density at radius 3 is 2.43 bits per heavy atom. The highest BCUT2D eigenvalue weighted by atomic mass is 35.5. The number of likely N-dealkylation sites (N-methyl/N-ethyl adjacent to an activating group) is 1. The lowest BCUT2D eigenvalue weighted by atomic mass is 10.1. The number of fused-ring (bicyclic) bond motifs is 1. The van der Waals surface area contributed by atoms with Crippen LogP contribution < -0.4 is 4.90 Å². The number of anilines is 1. The van der Waals surface area contributed by atoms with E-state index < -0.39 is 0 Å². The number of carbonyl (C=O) groups is 1. The van der Waals surface area contributed by atoms with Crippen LogP contribution in [0.3, 0.4) is 0 Å². The lowest BCUT2D eigenvalue weighted by Gasteiger charge is -2.22. The lowest BCUT2D eigenvalue weighted by molar-refractivity contribution is -0.118. The van der Waals surface area contributed by atoms with E-state index in [0.717, 1.165) is 28.3 Å². The predicted molar refractivity (Wildman–Crippen MR) is 122 cm³/mol. The van der Waals surface area contributed by atoms with Crippen LogP contribution in [0.1, 0.15) is 23.1 Å². The molecule has 0 fully saturated rings. The van der Waals surface area contributed by atoms with Crippen molar-refractivity contribution in [2.24, 2.45) is 0 Å². The van der Waals surface area contributed by atoms with Crippen molar-refractivity contribution in [3.05, 3.63) is 59.2 Å². The number of hydrogen-bond acceptors (Lipinski definition) is 4. The molecule has 0 aliphatic carbocycles. The van der Waals surface area contributed by atoms with E-state index in [1.54, 1.807) is 11.3 Å². The lowest BCUT2D eigenvalue weighted by Crippen LogP contribution is -2.36. The van der Waals surface area contributed by atoms with Gasteiger partial charge in [0, 0.05) is 19.5 Å². The fraction of sp³-hybridized carbons (Fsp3) is 0.364. The topological polar surface area (TPSA) is 36.4 Å². The Bertz CT molecular complexity index is 924. The quantitative estimate of drug-likeness (QED) is 0.550. The largest absolute Gasteiger partial charge is 0.308 e. The summed E-state index contributed by atoms with van der Waals surface area (Å²) in [5.74, 6) is 0.133. The molecule has 0 spiro atoms. The van der Waals surface area contributed by atoms with Crippen LogP contribution in [-0.2, 0) is 11.2 Å². The summed E-state index contributed by atoms with van der Waals surface area (Å²) < 4.78 is 1.14. The van der Waals surface area contributed by atoms with Crippen molar-refractivity contribution in [3.63, 3.8) is 0 Å². The first kappa shape index (κ1) is 22.3. The van der Waals surface area contributed by atoms with Crippen LogP contribution in [0.25, 0.3) is 10.2 Å². The average Bonchev–Trinajstić information content (AvgIpc) is 3.08. The van der Waals surface area contributed by atoms with Gasteiger partial charge in [-0.25, -0.2) is 4.98 Å². The van der Waals surface area contributed by atoms with Crippen molar-refractivity contribution in [2.75, 3.05) is 32.1 Å². The Hall–Kier alpha value is -1.95. The van der Waals surface area contributed by atoms with Crippen LogP contribution in [-0.4, -0.2) is 43.0 Å². The van der Waals surface area contributed by atoms with Gasteiger partial charge in [0.05, 0.1) is 10.2 Å². The summed E-state index contributed by atoms with van der Waals surface area (Å²) in [5.41, 5.74) is 4.63. The summed E-state index contributed by atoms with van der Waals surface area (Å²) >= 11 is 1.61. The smallest absolute Gasteiger partial charge is 0.229 e. The van der Waals surface area contributed by atoms with Crippen molar-refractivity contribution >= 4 is 45.0 Å². The Morgan fingerprint density at radius 2 is 1.75 bits per heavy atom. The molecule has 1 aromatic heterocycles. The zero-order valence-corrected chi connectivity index (χ0v) is 18.6. The Kier molecular flexibility index (Phi) is 7.98. The second kappa shape index (κ2) is 10.0. The minimum Gasteiger partial charge on any atom is -0.308 e. The molecule has 0 atom stereocenters. The standard InChI is InChI=1S/C22H27N3OS.ClH/c1-16-10-12-19-21(17(16)2)23-22(27-19)25(15-14-24(3)4)20(26)13-11-18-8-6-5-7-9-18;/h5-10,12H,11,13-15H2,1-4H3;1H. The van der Waals surface area contributed by atoms with Gasteiger partial charge in [0.15, 0.2) is 5.13 Å². The van der Waals surface area contributed by atoms with Crippen molar-refractivity contribution in [2.45, 2.75) is 26.7 Å². The molecule has 0 bridgehead atoms. The zero-order chi connectivity index (χ0) is 19.4. The summed E-state index contributed by atoms with van der Waals surface area (Å²) in [6, 6.07) is 14.4. The molecule has 0 aliphatic rings. The zero-order valence-electron chi connectivity index (χ0n) is 16.9. The molecule has 28 heavy (non-hydrogen) atoms. The van der Waals surface area contributed by atoms with E-state index in [0.29, 0.717) is 13.0 Å². The van der Waals surface area contributed by atoms with E-state index in [2.05, 4.69) is 43.0 Å². The van der Waals surface area contributed by atoms with Crippen LogP contribution >= 0.6 is 23.7 Å². The highest BCUT2D eigenvalue weighted by Gasteiger charge is 2.20. The highest BCUT2D eigenvalue weighted by Crippen LogP contribution is 2.32. The third-order valence-corrected chi connectivity index (χ3v) is 5.89. The molecule has 0 aliphatic heterocycles. The van der Waals surface area contributed by atoms with Crippen LogP contribution in [0.5, 0.6) is 0 Å². The molecule has 3 aromatic rings. The van der Waals surface area contributed by atoms with Crippen molar-refractivity contribution in [1.29, 1.82) is 0 Å². The van der Waals surface area contributed by atoms with Crippen molar-refractivity contribution < 1.29 is 4.79 Å². The van der Waals surface area contributed by atoms with Crippen LogP contribution in [0.4, 0.5) is 5.13 Å². The Morgan fingerprint density at radius 1 is 1.04 bits per heavy atom. The molecule has 1 heterocycles. The van der Waals surface area contributed by atoms with E-state index in [1.807, 2.05) is 37.2 Å². The van der Waals surface area contributed by atoms with E-state index in [9.17, 15) is 4.79 Å². The van der Waals surface area contributed by atoms with Crippen LogP contribution in [0.15, 0.2) is 42.5 Å². The maximum Gasteiger partial charge on any atom is 0.229 e. The van der Waals surface area contributed by atoms with E-state index in [4.69, 9.17) is 4.98 Å². The number of thiazole rings is 1. The predicted octanol–water partition coefficient (Wildman–Crippen LogP) is 4.86. The summed E-state index contributed by atoms with van der Waals surface area (Å²) in [6.45, 7) is 5.66. The van der Waals surface area contributed by atoms with Gasteiger partial charge in [0.25, 0.3) is 0 Å². The highest BCUT2D eigenvalue weighted by molar-refractivity contribution is 7.22. The molecule has 3 rings (SSSR count). The molecule has 0 saturated carbocycles. The number of rotatable bonds is 7. The minimum atomic E-state index is 0. The number of aryl methyl sites for hydroxylation is 3. The first-order chi connectivity index (χ1) is 13.0. The summed E-state index contributed by atoms with van der Waals surface area (Å²) in [7, 11) is 4.05. The average molecular weight is 418 g/mol. The fourth-order valence-electron chi connectivity index (χ4n) is 2.99. The fourth-order valence-corrected chi connectivity index (χ4v) is 4.06. The van der Waals surface area contributed by atoms with Crippen LogP contribution in [0, 0.1) is 13.8 Å². The van der Waals surface area contributed by atoms with Gasteiger partial charge in [-0.2, -0.15) is 0 Å². The molecule has 1 amide bonds. The minimum absolute atomic E-state index is 0. The molecule has 150 valence electrons. The number of benzene rings is 2. The number of aromatic nitrogens is 1. The number of nitrogens with zero attached hydrogens (tertiary/aromatic N) is 3. The molecule has 0 radical (unpaired) electrons. The monoisotopic (exact) mass is 417 g/mol. The molecule has 6 heteroatoms. The van der Waals surface area contributed by atoms with Gasteiger partial charge in [-0.1, -0.05) is 47.7 Å². The number of amides is 1. The van der Waals surface area contributed by atoms with Gasteiger partial charge in [-0.05, 0) is 57.1 Å². The second-order valence-electron chi connectivity index (χ2n) is 7.18. The van der Waals surface area contributed by atoms with E-state index in [-0.39, 0.29) is 18.3 Å². The maximum absolute atomic E-state index is 13.0. The third kappa shape index (κ3) is 5.31. The van der Waals surface area contributed by atoms with E-state index in [1.165, 1.54) is 16.7 Å². The molecule has 2 aromatic carbocycles. The molecule has 4 nitrogen and oxygen atoms in total. The first-order valence-electron chi connectivity index (χ1n) is 9.31. The summed E-state index contributed by atoms with van der Waals surface area (Å²) in [5, 5.41) is 0.804. The Labute approximate surface area is 177 Å². The molecular formula is C22H28ClN3OS. The number of carbonyl (C=O) groups excluding carboxylic acids is 1. The maximum atomic E-state index is 13.0. The van der Waals surface area contributed by atoms with Crippen LogP contribution in [0.2, 0.25) is 0 Å². The SMILES string of the molecule is Cc1ccc2sc(N(CCN(C)C)C(=O)CCc3ccccc3)nc2c1C.Cl. The van der Waals surface area contributed by atoms with Gasteiger partial charge in [0.1, 0.15) is 0 Å². The Balaban J connectivity index is 0.00000280. The van der Waals surface area contributed by atoms with Gasteiger partial charge >= 0.3 is 0 Å². The van der Waals surface area contributed by atoms with E-state index >= 15 is 0 Å². The van der Waals surface area contributed by atoms with Gasteiger partial charge in [-0.3, -0.25) is 9.69 Å². The number of halogens is 1. The van der Waals surface area contributed by atoms with Gasteiger partial charge < -0.3 is 4.90 Å². The molecule has 0 saturated heterocycles. The molecular weight excluding hydrogens is 390 g/mol. The van der Waals surface area contributed by atoms with Gasteiger partial charge in [-0.15, -0.1) is 12.4 Å². The third-order valence-electron chi connectivity index (χ3n) is 4.85. The molecule has 0 unspecified atom stereocenters. The first-order valence-corrected chi connectivity index (χ1v) is 10.1. The van der Waals surface area contributed by atoms with Crippen molar-refractivity contribution in [1.82, 2.24) is 9.88 Å². The number of hydrogen-bond donors (Lipinski definition) is 0.